The Morgan fingerprint density at radius 2 is 1.73 bits per heavy atom. The van der Waals surface area contributed by atoms with Gasteiger partial charge in [-0.1, -0.05) is 0 Å². The van der Waals surface area contributed by atoms with E-state index in [0.29, 0.717) is 9.54 Å². The Morgan fingerprint density at radius 3 is 2.35 bits per heavy atom. The van der Waals surface area contributed by atoms with Gasteiger partial charge in [-0.25, -0.2) is 0 Å². The third-order valence-electron chi connectivity index (χ3n) is 5.39. The molecular weight excluding hydrogens is 438 g/mol. The van der Waals surface area contributed by atoms with Crippen LogP contribution in [0.25, 0.3) is 17.2 Å². The Kier molecular flexibility index (Phi) is 6.87. The molecule has 0 saturated heterocycles. The van der Waals surface area contributed by atoms with E-state index >= 15 is 0 Å². The maximum absolute atomic E-state index is 6.63. The van der Waals surface area contributed by atoms with Crippen LogP contribution in [0.5, 0.6) is 0 Å². The van der Waals surface area contributed by atoms with Crippen molar-refractivity contribution in [3.05, 3.63) is 64.2 Å². The standard InChI is InChI=1S/C23H27.2ClH.Zr/c1-5-9-18-12-13-19-14-20(16(3)4)15-22(19)23(18)21-11-8-7-10-17(21)6-2;;;/h7-8,10-16H,5-6,9H2,1-4H3;2*1H;/q;;;+2/p-2. The molecule has 3 heteroatoms. The summed E-state index contributed by atoms with van der Waals surface area (Å²) in [5, 5.41) is 0. The summed E-state index contributed by atoms with van der Waals surface area (Å²) in [6.45, 7) is 9.02. The van der Waals surface area contributed by atoms with E-state index in [1.165, 1.54) is 39.0 Å². The van der Waals surface area contributed by atoms with Crippen LogP contribution in [0, 0.1) is 5.92 Å². The fraction of sp³-hybridized carbons (Fsp3) is 0.391. The minimum absolute atomic E-state index is 0.291. The second-order valence-electron chi connectivity index (χ2n) is 7.38. The van der Waals surface area contributed by atoms with E-state index in [1.807, 2.05) is 0 Å². The fourth-order valence-electron chi connectivity index (χ4n) is 4.13. The predicted octanol–water partition coefficient (Wildman–Crippen LogP) is 7.89. The van der Waals surface area contributed by atoms with Gasteiger partial charge in [0.25, 0.3) is 0 Å². The number of rotatable bonds is 6. The van der Waals surface area contributed by atoms with Gasteiger partial charge in [-0.05, 0) is 0 Å². The third-order valence-corrected chi connectivity index (χ3v) is 10.6. The number of hydrogen-bond donors (Lipinski definition) is 0. The molecule has 0 amide bonds. The summed E-state index contributed by atoms with van der Waals surface area (Å²) in [5.74, 6) is 0.476. The Labute approximate surface area is 173 Å². The molecule has 0 saturated carbocycles. The Bertz CT molecular complexity index is 821. The number of aryl methyl sites for hydroxylation is 2. The first-order valence-electron chi connectivity index (χ1n) is 9.62. The average Bonchev–Trinajstić information content (AvgIpc) is 3.02. The minimum atomic E-state index is -2.46. The molecule has 1 atom stereocenters. The molecule has 0 N–H and O–H groups in total. The number of hydrogen-bond acceptors (Lipinski definition) is 0. The normalized spacial score (nSPS) is 16.0. The summed E-state index contributed by atoms with van der Waals surface area (Å²) < 4.78 is 0.291. The van der Waals surface area contributed by atoms with E-state index in [0.717, 1.165) is 19.3 Å². The van der Waals surface area contributed by atoms with Crippen LogP contribution in [-0.2, 0) is 32.2 Å². The van der Waals surface area contributed by atoms with Crippen molar-refractivity contribution in [1.29, 1.82) is 0 Å². The predicted molar refractivity (Wildman–Crippen MR) is 113 cm³/mol. The Balaban J connectivity index is 2.30. The molecule has 0 aliphatic heterocycles. The first-order valence-corrected chi connectivity index (χ1v) is 17.4. The van der Waals surface area contributed by atoms with E-state index < -0.39 is 19.4 Å². The number of fused-ring (bicyclic) bond motifs is 1. The molecule has 3 rings (SSSR count). The van der Waals surface area contributed by atoms with E-state index in [9.17, 15) is 0 Å². The van der Waals surface area contributed by atoms with Crippen LogP contribution < -0.4 is 0 Å². The molecule has 0 radical (unpaired) electrons. The second-order valence-corrected chi connectivity index (χ2v) is 16.2. The van der Waals surface area contributed by atoms with Crippen molar-refractivity contribution in [2.24, 2.45) is 5.92 Å². The summed E-state index contributed by atoms with van der Waals surface area (Å²) in [7, 11) is 13.3. The Hall–Kier alpha value is -0.357. The monoisotopic (exact) mass is 463 g/mol. The Morgan fingerprint density at radius 1 is 1.00 bits per heavy atom. The van der Waals surface area contributed by atoms with Crippen molar-refractivity contribution in [1.82, 2.24) is 0 Å². The quantitative estimate of drug-likeness (QED) is 0.407. The van der Waals surface area contributed by atoms with E-state index in [2.05, 4.69) is 70.2 Å². The molecule has 1 unspecified atom stereocenters. The van der Waals surface area contributed by atoms with Crippen LogP contribution in [0.2, 0.25) is 0 Å². The molecule has 0 bridgehead atoms. The molecule has 0 heterocycles. The van der Waals surface area contributed by atoms with Gasteiger partial charge < -0.3 is 0 Å². The van der Waals surface area contributed by atoms with Crippen LogP contribution in [0.4, 0.5) is 0 Å². The summed E-state index contributed by atoms with van der Waals surface area (Å²) in [6.07, 6.45) is 5.71. The zero-order valence-corrected chi connectivity index (χ0v) is 20.0. The van der Waals surface area contributed by atoms with E-state index in [-0.39, 0.29) is 0 Å². The van der Waals surface area contributed by atoms with Gasteiger partial charge in [-0.15, -0.1) is 0 Å². The van der Waals surface area contributed by atoms with Crippen LogP contribution in [0.1, 0.15) is 60.0 Å². The molecular formula is C23H27Cl2Zr. The van der Waals surface area contributed by atoms with Gasteiger partial charge in [0, 0.05) is 0 Å². The third kappa shape index (κ3) is 3.78. The van der Waals surface area contributed by atoms with Crippen LogP contribution in [0.3, 0.4) is 0 Å². The van der Waals surface area contributed by atoms with Crippen LogP contribution >= 0.6 is 17.0 Å². The summed E-state index contributed by atoms with van der Waals surface area (Å²) in [4.78, 5) is 0. The molecule has 2 aromatic carbocycles. The van der Waals surface area contributed by atoms with E-state index in [4.69, 9.17) is 17.0 Å². The fourth-order valence-corrected chi connectivity index (χ4v) is 9.85. The van der Waals surface area contributed by atoms with Gasteiger partial charge in [0.2, 0.25) is 0 Å². The summed E-state index contributed by atoms with van der Waals surface area (Å²) in [5.41, 5.74) is 9.84. The molecule has 0 fully saturated rings. The van der Waals surface area contributed by atoms with Gasteiger partial charge in [0.15, 0.2) is 0 Å². The summed E-state index contributed by atoms with van der Waals surface area (Å²) >= 11 is -2.46. The molecule has 2 aromatic rings. The molecule has 0 spiro atoms. The van der Waals surface area contributed by atoms with Crippen molar-refractivity contribution in [3.8, 4) is 11.1 Å². The van der Waals surface area contributed by atoms with Gasteiger partial charge in [-0.2, -0.15) is 0 Å². The molecule has 0 nitrogen and oxygen atoms in total. The molecule has 26 heavy (non-hydrogen) atoms. The first kappa shape index (κ1) is 20.4. The first-order chi connectivity index (χ1) is 12.5. The molecule has 1 aliphatic carbocycles. The number of allylic oxidation sites excluding steroid dienone is 1. The van der Waals surface area contributed by atoms with Gasteiger partial charge in [0.1, 0.15) is 0 Å². The molecule has 0 aromatic heterocycles. The van der Waals surface area contributed by atoms with Gasteiger partial charge in [0.05, 0.1) is 0 Å². The van der Waals surface area contributed by atoms with Crippen molar-refractivity contribution in [2.45, 2.75) is 50.6 Å². The zero-order valence-electron chi connectivity index (χ0n) is 16.1. The summed E-state index contributed by atoms with van der Waals surface area (Å²) in [6, 6.07) is 13.5. The van der Waals surface area contributed by atoms with E-state index in [1.54, 1.807) is 0 Å². The maximum atomic E-state index is 6.63. The average molecular weight is 466 g/mol. The molecule has 1 aliphatic rings. The van der Waals surface area contributed by atoms with Crippen molar-refractivity contribution in [3.63, 3.8) is 0 Å². The number of benzene rings is 2. The zero-order chi connectivity index (χ0) is 18.8. The number of halogens is 2. The van der Waals surface area contributed by atoms with Crippen molar-refractivity contribution < 1.29 is 19.4 Å². The van der Waals surface area contributed by atoms with Gasteiger partial charge >= 0.3 is 174 Å². The van der Waals surface area contributed by atoms with Crippen molar-refractivity contribution >= 4 is 23.1 Å². The topological polar surface area (TPSA) is 0 Å². The van der Waals surface area contributed by atoms with Crippen LogP contribution in [-0.4, -0.2) is 0 Å². The van der Waals surface area contributed by atoms with Crippen molar-refractivity contribution in [2.75, 3.05) is 0 Å². The SMILES string of the molecule is CCCc1ccc2c(c1-c1ccccc1CC)C=C(C(C)C)[CH]2[Zr]([Cl])[Cl]. The molecule has 137 valence electrons. The van der Waals surface area contributed by atoms with Gasteiger partial charge in [-0.3, -0.25) is 0 Å². The second kappa shape index (κ2) is 8.77. The van der Waals surface area contributed by atoms with Crippen LogP contribution in [0.15, 0.2) is 42.0 Å².